The number of carbonyl (C=O) groups excluding carboxylic acids is 1. The Morgan fingerprint density at radius 3 is 2.50 bits per heavy atom. The van der Waals surface area contributed by atoms with Crippen molar-refractivity contribution in [3.8, 4) is 0 Å². The van der Waals surface area contributed by atoms with Crippen LogP contribution in [-0.2, 0) is 6.54 Å². The van der Waals surface area contributed by atoms with E-state index in [4.69, 9.17) is 11.6 Å². The van der Waals surface area contributed by atoms with Gasteiger partial charge in [0.15, 0.2) is 0 Å². The van der Waals surface area contributed by atoms with E-state index in [1.54, 1.807) is 12.1 Å². The van der Waals surface area contributed by atoms with Crippen LogP contribution >= 0.6 is 11.6 Å². The first-order valence-electron chi connectivity index (χ1n) is 6.32. The van der Waals surface area contributed by atoms with E-state index in [1.165, 1.54) is 36.2 Å². The lowest BCUT2D eigenvalue weighted by atomic mass is 10.1. The highest BCUT2D eigenvalue weighted by Crippen LogP contribution is 2.24. The van der Waals surface area contributed by atoms with E-state index >= 15 is 0 Å². The molecule has 0 aromatic heterocycles. The number of nitro groups is 1. The quantitative estimate of drug-likeness (QED) is 0.637. The van der Waals surface area contributed by atoms with Crippen molar-refractivity contribution in [2.24, 2.45) is 0 Å². The van der Waals surface area contributed by atoms with Gasteiger partial charge in [-0.25, -0.2) is 4.39 Å². The minimum Gasteiger partial charge on any atom is -0.337 e. The van der Waals surface area contributed by atoms with E-state index in [9.17, 15) is 19.3 Å². The van der Waals surface area contributed by atoms with Crippen LogP contribution < -0.4 is 0 Å². The summed E-state index contributed by atoms with van der Waals surface area (Å²) >= 11 is 5.72. The van der Waals surface area contributed by atoms with Crippen molar-refractivity contribution in [3.63, 3.8) is 0 Å². The lowest BCUT2D eigenvalue weighted by Gasteiger charge is -2.17. The van der Waals surface area contributed by atoms with Crippen LogP contribution in [0.15, 0.2) is 42.5 Å². The Hall–Kier alpha value is -2.47. The van der Waals surface area contributed by atoms with Crippen molar-refractivity contribution in [2.45, 2.75) is 6.54 Å². The summed E-state index contributed by atoms with van der Waals surface area (Å²) in [5, 5.41) is 11.2. The van der Waals surface area contributed by atoms with Crippen LogP contribution in [0.5, 0.6) is 0 Å². The number of nitrogens with zero attached hydrogens (tertiary/aromatic N) is 2. The predicted octanol–water partition coefficient (Wildman–Crippen LogP) is 3.66. The fraction of sp³-hybridized carbons (Fsp3) is 0.133. The Morgan fingerprint density at radius 2 is 1.91 bits per heavy atom. The van der Waals surface area contributed by atoms with Gasteiger partial charge in [0.05, 0.1) is 4.92 Å². The molecule has 0 fully saturated rings. The second kappa shape index (κ2) is 6.53. The number of halogens is 2. The van der Waals surface area contributed by atoms with Crippen LogP contribution in [0.1, 0.15) is 15.9 Å². The summed E-state index contributed by atoms with van der Waals surface area (Å²) in [4.78, 5) is 24.1. The van der Waals surface area contributed by atoms with Crippen molar-refractivity contribution in [3.05, 3.63) is 74.5 Å². The van der Waals surface area contributed by atoms with E-state index in [0.29, 0.717) is 5.56 Å². The van der Waals surface area contributed by atoms with Gasteiger partial charge in [-0.3, -0.25) is 14.9 Å². The molecule has 1 amide bonds. The van der Waals surface area contributed by atoms with Gasteiger partial charge in [-0.2, -0.15) is 0 Å². The van der Waals surface area contributed by atoms with Crippen LogP contribution in [0, 0.1) is 15.9 Å². The minimum atomic E-state index is -0.648. The smallest absolute Gasteiger partial charge is 0.283 e. The average molecular weight is 323 g/mol. The molecule has 0 heterocycles. The third kappa shape index (κ3) is 3.59. The largest absolute Gasteiger partial charge is 0.337 e. The van der Waals surface area contributed by atoms with Crippen LogP contribution in [0.3, 0.4) is 0 Å². The molecule has 0 aliphatic rings. The summed E-state index contributed by atoms with van der Waals surface area (Å²) in [5.41, 5.74) is 0.330. The molecular weight excluding hydrogens is 311 g/mol. The van der Waals surface area contributed by atoms with E-state index in [1.807, 2.05) is 0 Å². The molecule has 0 spiro atoms. The molecule has 0 aliphatic carbocycles. The highest BCUT2D eigenvalue weighted by molar-refractivity contribution is 6.31. The molecule has 0 unspecified atom stereocenters. The van der Waals surface area contributed by atoms with Gasteiger partial charge in [0, 0.05) is 24.7 Å². The van der Waals surface area contributed by atoms with Gasteiger partial charge in [-0.05, 0) is 29.8 Å². The Bertz CT molecular complexity index is 719. The topological polar surface area (TPSA) is 63.5 Å². The van der Waals surface area contributed by atoms with Crippen molar-refractivity contribution in [2.75, 3.05) is 7.05 Å². The fourth-order valence-corrected chi connectivity index (χ4v) is 2.14. The van der Waals surface area contributed by atoms with Crippen LogP contribution in [0.2, 0.25) is 5.02 Å². The van der Waals surface area contributed by atoms with Crippen molar-refractivity contribution >= 4 is 23.2 Å². The van der Waals surface area contributed by atoms with Gasteiger partial charge in [-0.1, -0.05) is 23.7 Å². The van der Waals surface area contributed by atoms with E-state index in [2.05, 4.69) is 0 Å². The summed E-state index contributed by atoms with van der Waals surface area (Å²) in [7, 11) is 1.52. The van der Waals surface area contributed by atoms with Crippen LogP contribution in [-0.4, -0.2) is 22.8 Å². The van der Waals surface area contributed by atoms with E-state index in [-0.39, 0.29) is 28.6 Å². The van der Waals surface area contributed by atoms with Gasteiger partial charge >= 0.3 is 0 Å². The van der Waals surface area contributed by atoms with Crippen molar-refractivity contribution in [1.82, 2.24) is 4.90 Å². The zero-order chi connectivity index (χ0) is 16.3. The number of carbonyl (C=O) groups is 1. The third-order valence-corrected chi connectivity index (χ3v) is 3.30. The first-order valence-corrected chi connectivity index (χ1v) is 6.70. The molecule has 0 saturated heterocycles. The fourth-order valence-electron chi connectivity index (χ4n) is 1.98. The number of nitro benzene ring substituents is 1. The van der Waals surface area contributed by atoms with Gasteiger partial charge in [0.1, 0.15) is 11.4 Å². The number of benzene rings is 2. The maximum atomic E-state index is 12.9. The SMILES string of the molecule is CN(Cc1ccc(F)cc1)C(=O)c1ccc(Cl)cc1[N+](=O)[O-]. The summed E-state index contributed by atoms with van der Waals surface area (Å²) in [6.45, 7) is 0.207. The van der Waals surface area contributed by atoms with E-state index in [0.717, 1.165) is 6.07 Å². The highest BCUT2D eigenvalue weighted by atomic mass is 35.5. The molecule has 114 valence electrons. The molecule has 0 aliphatic heterocycles. The molecule has 2 aromatic rings. The highest BCUT2D eigenvalue weighted by Gasteiger charge is 2.23. The lowest BCUT2D eigenvalue weighted by Crippen LogP contribution is -2.26. The maximum absolute atomic E-state index is 12.9. The number of amides is 1. The molecule has 0 radical (unpaired) electrons. The number of rotatable bonds is 4. The van der Waals surface area contributed by atoms with Gasteiger partial charge in [-0.15, -0.1) is 0 Å². The zero-order valence-corrected chi connectivity index (χ0v) is 12.4. The molecule has 0 atom stereocenters. The van der Waals surface area contributed by atoms with Crippen molar-refractivity contribution < 1.29 is 14.1 Å². The minimum absolute atomic E-state index is 0.0426. The Balaban J connectivity index is 2.24. The van der Waals surface area contributed by atoms with Gasteiger partial charge in [0.25, 0.3) is 11.6 Å². The molecular formula is C15H12ClFN2O3. The first kappa shape index (κ1) is 15.9. The van der Waals surface area contributed by atoms with Crippen LogP contribution in [0.4, 0.5) is 10.1 Å². The van der Waals surface area contributed by atoms with Crippen molar-refractivity contribution in [1.29, 1.82) is 0 Å². The Morgan fingerprint density at radius 1 is 1.27 bits per heavy atom. The second-order valence-electron chi connectivity index (χ2n) is 4.71. The maximum Gasteiger partial charge on any atom is 0.283 e. The van der Waals surface area contributed by atoms with Gasteiger partial charge in [0.2, 0.25) is 0 Å². The lowest BCUT2D eigenvalue weighted by molar-refractivity contribution is -0.385. The second-order valence-corrected chi connectivity index (χ2v) is 5.14. The molecule has 0 N–H and O–H groups in total. The average Bonchev–Trinajstić information content (AvgIpc) is 2.48. The molecule has 22 heavy (non-hydrogen) atoms. The zero-order valence-electron chi connectivity index (χ0n) is 11.6. The monoisotopic (exact) mass is 322 g/mol. The summed E-state index contributed by atoms with van der Waals surface area (Å²) in [5.74, 6) is -0.876. The number of hydrogen-bond donors (Lipinski definition) is 0. The summed E-state index contributed by atoms with van der Waals surface area (Å²) in [6.07, 6.45) is 0. The Labute approximate surface area is 131 Å². The summed E-state index contributed by atoms with van der Waals surface area (Å²) < 4.78 is 12.9. The molecule has 7 heteroatoms. The standard InChI is InChI=1S/C15H12ClFN2O3/c1-18(9-10-2-5-12(17)6-3-10)15(20)13-7-4-11(16)8-14(13)19(21)22/h2-8H,9H2,1H3. The molecule has 2 rings (SSSR count). The number of hydrogen-bond acceptors (Lipinski definition) is 3. The normalized spacial score (nSPS) is 10.3. The predicted molar refractivity (Wildman–Crippen MR) is 80.3 cm³/mol. The van der Waals surface area contributed by atoms with E-state index < -0.39 is 10.8 Å². The molecule has 5 nitrogen and oxygen atoms in total. The van der Waals surface area contributed by atoms with Crippen LogP contribution in [0.25, 0.3) is 0 Å². The Kier molecular flexibility index (Phi) is 4.72. The molecule has 0 bridgehead atoms. The summed E-state index contributed by atoms with van der Waals surface area (Å²) in [6, 6.07) is 9.57. The first-order chi connectivity index (χ1) is 10.4. The molecule has 2 aromatic carbocycles. The molecule has 0 saturated carbocycles. The van der Waals surface area contributed by atoms with Gasteiger partial charge < -0.3 is 4.90 Å². The third-order valence-electron chi connectivity index (χ3n) is 3.07.